The van der Waals surface area contributed by atoms with Gasteiger partial charge in [0, 0.05) is 39.7 Å². The smallest absolute Gasteiger partial charge is 0.226 e. The minimum absolute atomic E-state index is 0.570. The molecule has 154 valence electrons. The fraction of sp³-hybridized carbons (Fsp3) is 0.292. The van der Waals surface area contributed by atoms with Crippen LogP contribution in [0.3, 0.4) is 0 Å². The van der Waals surface area contributed by atoms with Crippen molar-refractivity contribution in [3.63, 3.8) is 0 Å². The van der Waals surface area contributed by atoms with Crippen LogP contribution in [-0.2, 0) is 12.8 Å². The predicted octanol–water partition coefficient (Wildman–Crippen LogP) is 5.69. The summed E-state index contributed by atoms with van der Waals surface area (Å²) in [5, 5.41) is 6.94. The monoisotopic (exact) mass is 436 g/mol. The number of ether oxygens (including phenoxy) is 1. The van der Waals surface area contributed by atoms with E-state index in [0.717, 1.165) is 41.5 Å². The summed E-state index contributed by atoms with van der Waals surface area (Å²) in [6, 6.07) is 17.1. The lowest BCUT2D eigenvalue weighted by molar-refractivity contribution is 0.323. The number of rotatable bonds is 7. The van der Waals surface area contributed by atoms with Crippen LogP contribution in [0.2, 0.25) is 0 Å². The Bertz CT molecular complexity index is 1130. The average molecular weight is 437 g/mol. The van der Waals surface area contributed by atoms with Crippen LogP contribution in [0.4, 0.5) is 0 Å². The summed E-state index contributed by atoms with van der Waals surface area (Å²) in [5.41, 5.74) is 3.36. The zero-order valence-electron chi connectivity index (χ0n) is 16.9. The zero-order chi connectivity index (χ0) is 20.3. The van der Waals surface area contributed by atoms with Gasteiger partial charge >= 0.3 is 0 Å². The topological polar surface area (TPSA) is 47.3 Å². The lowest BCUT2D eigenvalue weighted by Gasteiger charge is -2.13. The van der Waals surface area contributed by atoms with E-state index in [1.165, 1.54) is 21.4 Å². The number of hydrogen-bond acceptors (Lipinski definition) is 6. The summed E-state index contributed by atoms with van der Waals surface area (Å²) < 4.78 is 13.4. The number of benzene rings is 2. The minimum atomic E-state index is 0.570. The van der Waals surface area contributed by atoms with Crippen molar-refractivity contribution in [3.05, 3.63) is 70.9 Å². The molecule has 1 aliphatic heterocycles. The number of nitrogens with one attached hydrogen (secondary N) is 1. The molecule has 2 aromatic heterocycles. The molecule has 1 unspecified atom stereocenters. The van der Waals surface area contributed by atoms with Gasteiger partial charge in [-0.05, 0) is 48.6 Å². The molecule has 6 heteroatoms. The van der Waals surface area contributed by atoms with Crippen molar-refractivity contribution in [1.29, 1.82) is 0 Å². The van der Waals surface area contributed by atoms with E-state index >= 15 is 0 Å². The zero-order valence-corrected chi connectivity index (χ0v) is 18.5. The molecule has 5 rings (SSSR count). The third-order valence-electron chi connectivity index (χ3n) is 5.43. The third kappa shape index (κ3) is 4.13. The molecule has 0 radical (unpaired) electrons. The second-order valence-corrected chi connectivity index (χ2v) is 9.44. The van der Waals surface area contributed by atoms with Gasteiger partial charge in [-0.2, -0.15) is 0 Å². The molecule has 2 aromatic carbocycles. The van der Waals surface area contributed by atoms with Crippen molar-refractivity contribution in [2.24, 2.45) is 0 Å². The van der Waals surface area contributed by atoms with Crippen molar-refractivity contribution in [3.8, 4) is 17.2 Å². The number of aromatic nitrogens is 1. The highest BCUT2D eigenvalue weighted by Crippen LogP contribution is 2.34. The van der Waals surface area contributed by atoms with Gasteiger partial charge in [0.15, 0.2) is 0 Å². The minimum Gasteiger partial charge on any atom is -0.493 e. The molecule has 0 amide bonds. The van der Waals surface area contributed by atoms with E-state index in [1.54, 1.807) is 11.3 Å². The van der Waals surface area contributed by atoms with Crippen molar-refractivity contribution in [1.82, 2.24) is 10.3 Å². The Morgan fingerprint density at radius 2 is 2.07 bits per heavy atom. The van der Waals surface area contributed by atoms with Crippen molar-refractivity contribution >= 4 is 33.2 Å². The first-order valence-corrected chi connectivity index (χ1v) is 12.3. The highest BCUT2D eigenvalue weighted by Gasteiger charge is 2.18. The first kappa shape index (κ1) is 19.7. The van der Waals surface area contributed by atoms with Gasteiger partial charge in [-0.25, -0.2) is 4.98 Å². The first-order chi connectivity index (χ1) is 14.8. The average Bonchev–Trinajstić information content (AvgIpc) is 3.52. The van der Waals surface area contributed by atoms with Gasteiger partial charge in [-0.1, -0.05) is 24.3 Å². The van der Waals surface area contributed by atoms with Crippen molar-refractivity contribution in [2.45, 2.75) is 25.8 Å². The normalized spacial score (nSPS) is 16.4. The van der Waals surface area contributed by atoms with Crippen LogP contribution in [0.1, 0.15) is 17.0 Å². The molecule has 0 saturated carbocycles. The van der Waals surface area contributed by atoms with Crippen LogP contribution >= 0.6 is 23.1 Å². The first-order valence-electron chi connectivity index (χ1n) is 10.2. The Morgan fingerprint density at radius 1 is 1.17 bits per heavy atom. The molecular weight excluding hydrogens is 412 g/mol. The van der Waals surface area contributed by atoms with E-state index in [4.69, 9.17) is 9.15 Å². The van der Waals surface area contributed by atoms with Gasteiger partial charge in [0.2, 0.25) is 5.89 Å². The van der Waals surface area contributed by atoms with E-state index in [9.17, 15) is 0 Å². The molecule has 0 aliphatic carbocycles. The van der Waals surface area contributed by atoms with Gasteiger partial charge in [0.1, 0.15) is 11.5 Å². The number of oxazole rings is 1. The van der Waals surface area contributed by atoms with E-state index in [1.807, 2.05) is 49.0 Å². The molecule has 4 aromatic rings. The van der Waals surface area contributed by atoms with E-state index < -0.39 is 0 Å². The number of hydrogen-bond donors (Lipinski definition) is 1. The molecule has 1 aliphatic rings. The number of aryl methyl sites for hydroxylation is 1. The molecule has 3 heterocycles. The second kappa shape index (κ2) is 8.84. The lowest BCUT2D eigenvalue weighted by Crippen LogP contribution is -2.25. The summed E-state index contributed by atoms with van der Waals surface area (Å²) in [4.78, 5) is 4.68. The van der Waals surface area contributed by atoms with Gasteiger partial charge in [-0.15, -0.1) is 23.1 Å². The molecular formula is C24H24N2O2S2. The van der Waals surface area contributed by atoms with Crippen LogP contribution in [0.5, 0.6) is 5.75 Å². The van der Waals surface area contributed by atoms with E-state index in [-0.39, 0.29) is 0 Å². The fourth-order valence-corrected chi connectivity index (χ4v) is 5.77. The van der Waals surface area contributed by atoms with E-state index in [2.05, 4.69) is 33.9 Å². The molecule has 0 bridgehead atoms. The molecule has 1 atom stereocenters. The SMILES string of the molecule is Cc1oc(-c2ccccc2)nc1CCOc1ccc(CC2CSCN2)c2sccc12. The highest BCUT2D eigenvalue weighted by molar-refractivity contribution is 7.99. The largest absolute Gasteiger partial charge is 0.493 e. The van der Waals surface area contributed by atoms with Crippen LogP contribution in [0, 0.1) is 6.92 Å². The molecule has 30 heavy (non-hydrogen) atoms. The Kier molecular flexibility index (Phi) is 5.79. The molecule has 1 fully saturated rings. The maximum Gasteiger partial charge on any atom is 0.226 e. The standard InChI is InChI=1S/C24H24N2O2S2/c1-16-21(26-24(28-16)17-5-3-2-4-6-17)9-11-27-22-8-7-18(13-19-14-29-15-25-19)23-20(22)10-12-30-23/h2-8,10,12,19,25H,9,11,13-15H2,1H3. The Balaban J connectivity index is 1.27. The van der Waals surface area contributed by atoms with Crippen LogP contribution in [0.25, 0.3) is 21.5 Å². The quantitative estimate of drug-likeness (QED) is 0.403. The highest BCUT2D eigenvalue weighted by atomic mass is 32.2. The molecule has 1 N–H and O–H groups in total. The van der Waals surface area contributed by atoms with Gasteiger partial charge in [0.25, 0.3) is 0 Å². The maximum absolute atomic E-state index is 6.18. The van der Waals surface area contributed by atoms with Crippen LogP contribution in [0.15, 0.2) is 58.3 Å². The van der Waals surface area contributed by atoms with Crippen LogP contribution < -0.4 is 10.1 Å². The van der Waals surface area contributed by atoms with Gasteiger partial charge in [-0.3, -0.25) is 0 Å². The maximum atomic E-state index is 6.18. The van der Waals surface area contributed by atoms with E-state index in [0.29, 0.717) is 18.5 Å². The fourth-order valence-electron chi connectivity index (χ4n) is 3.84. The Morgan fingerprint density at radius 3 is 2.90 bits per heavy atom. The van der Waals surface area contributed by atoms with Gasteiger partial charge < -0.3 is 14.5 Å². The summed E-state index contributed by atoms with van der Waals surface area (Å²) >= 11 is 3.78. The summed E-state index contributed by atoms with van der Waals surface area (Å²) in [7, 11) is 0. The molecule has 0 spiro atoms. The summed E-state index contributed by atoms with van der Waals surface area (Å²) in [5.74, 6) is 4.73. The van der Waals surface area contributed by atoms with Crippen molar-refractivity contribution in [2.75, 3.05) is 18.2 Å². The van der Waals surface area contributed by atoms with Crippen molar-refractivity contribution < 1.29 is 9.15 Å². The second-order valence-electron chi connectivity index (χ2n) is 7.49. The summed E-state index contributed by atoms with van der Waals surface area (Å²) in [6.07, 6.45) is 1.80. The Hall–Kier alpha value is -2.28. The Labute approximate surface area is 184 Å². The number of fused-ring (bicyclic) bond motifs is 1. The predicted molar refractivity (Wildman–Crippen MR) is 126 cm³/mol. The van der Waals surface area contributed by atoms with Gasteiger partial charge in [0.05, 0.1) is 12.3 Å². The molecule has 4 nitrogen and oxygen atoms in total. The summed E-state index contributed by atoms with van der Waals surface area (Å²) in [6.45, 7) is 2.54. The number of thiophene rings is 1. The van der Waals surface area contributed by atoms with Crippen LogP contribution in [-0.4, -0.2) is 29.3 Å². The third-order valence-corrected chi connectivity index (χ3v) is 7.43. The molecule has 1 saturated heterocycles. The lowest BCUT2D eigenvalue weighted by atomic mass is 10.0. The number of thioether (sulfide) groups is 1. The number of nitrogens with zero attached hydrogens (tertiary/aromatic N) is 1.